The monoisotopic (exact) mass is 324 g/mol. The molecule has 0 N–H and O–H groups in total. The molecule has 0 aliphatic carbocycles. The predicted octanol–water partition coefficient (Wildman–Crippen LogP) is 2.08. The molecule has 0 bridgehead atoms. The van der Waals surface area contributed by atoms with Crippen LogP contribution in [-0.2, 0) is 6.54 Å². The number of aromatic nitrogens is 4. The van der Waals surface area contributed by atoms with Crippen LogP contribution in [0.4, 0.5) is 5.82 Å². The van der Waals surface area contributed by atoms with Gasteiger partial charge in [-0.1, -0.05) is 16.1 Å². The molecule has 3 rings (SSSR count). The molecule has 1 atom stereocenters. The van der Waals surface area contributed by atoms with E-state index in [-0.39, 0.29) is 0 Å². The van der Waals surface area contributed by atoms with Crippen LogP contribution < -0.4 is 4.90 Å². The summed E-state index contributed by atoms with van der Waals surface area (Å²) in [6, 6.07) is 4.41. The van der Waals surface area contributed by atoms with E-state index in [2.05, 4.69) is 36.6 Å². The summed E-state index contributed by atoms with van der Waals surface area (Å²) in [6.45, 7) is 2.71. The van der Waals surface area contributed by atoms with Gasteiger partial charge < -0.3 is 4.90 Å². The number of hydrogen-bond donors (Lipinski definition) is 0. The minimum absolute atomic E-state index is 0.456. The Morgan fingerprint density at radius 3 is 3.10 bits per heavy atom. The van der Waals surface area contributed by atoms with Gasteiger partial charge in [-0.3, -0.25) is 4.90 Å². The molecular formula is C13H17ClN6S. The second-order valence-electron chi connectivity index (χ2n) is 5.26. The number of rotatable bonds is 5. The van der Waals surface area contributed by atoms with E-state index in [1.165, 1.54) is 24.4 Å². The first-order chi connectivity index (χ1) is 10.2. The van der Waals surface area contributed by atoms with Gasteiger partial charge in [0.2, 0.25) is 0 Å². The summed E-state index contributed by atoms with van der Waals surface area (Å²) < 4.78 is 4.55. The Kier molecular flexibility index (Phi) is 4.62. The van der Waals surface area contributed by atoms with Crippen molar-refractivity contribution < 1.29 is 0 Å². The fourth-order valence-electron chi connectivity index (χ4n) is 2.75. The van der Waals surface area contributed by atoms with Crippen molar-refractivity contribution in [2.75, 3.05) is 25.0 Å². The highest BCUT2D eigenvalue weighted by Gasteiger charge is 2.27. The third-order valence-electron chi connectivity index (χ3n) is 3.68. The zero-order chi connectivity index (χ0) is 14.7. The lowest BCUT2D eigenvalue weighted by Gasteiger charge is -2.28. The maximum absolute atomic E-state index is 6.06. The van der Waals surface area contributed by atoms with Gasteiger partial charge in [0, 0.05) is 43.4 Å². The summed E-state index contributed by atoms with van der Waals surface area (Å²) >= 11 is 7.30. The minimum atomic E-state index is 0.456. The molecule has 2 aromatic heterocycles. The first kappa shape index (κ1) is 14.6. The zero-order valence-electron chi connectivity index (χ0n) is 11.8. The number of likely N-dealkylation sites (N-methyl/N-ethyl adjacent to an activating group) is 1. The summed E-state index contributed by atoms with van der Waals surface area (Å²) in [5.74, 6) is 0.960. The molecule has 1 aliphatic rings. The van der Waals surface area contributed by atoms with E-state index in [0.717, 1.165) is 31.1 Å². The van der Waals surface area contributed by atoms with Gasteiger partial charge in [0.1, 0.15) is 10.0 Å². The van der Waals surface area contributed by atoms with Crippen LogP contribution in [-0.4, -0.2) is 50.9 Å². The van der Waals surface area contributed by atoms with Gasteiger partial charge in [0.25, 0.3) is 0 Å². The average molecular weight is 325 g/mol. The fourth-order valence-corrected chi connectivity index (χ4v) is 3.36. The molecular weight excluding hydrogens is 308 g/mol. The van der Waals surface area contributed by atoms with Gasteiger partial charge >= 0.3 is 0 Å². The molecule has 3 heterocycles. The second kappa shape index (κ2) is 6.64. The third-order valence-corrected chi connectivity index (χ3v) is 4.67. The van der Waals surface area contributed by atoms with Gasteiger partial charge in [-0.25, -0.2) is 0 Å². The molecule has 21 heavy (non-hydrogen) atoms. The van der Waals surface area contributed by atoms with Crippen LogP contribution in [0.15, 0.2) is 18.3 Å². The van der Waals surface area contributed by atoms with E-state index in [0.29, 0.717) is 10.4 Å². The Morgan fingerprint density at radius 1 is 1.48 bits per heavy atom. The highest BCUT2D eigenvalue weighted by molar-refractivity contribution is 7.10. The molecule has 0 aromatic carbocycles. The molecule has 0 saturated carbocycles. The number of hydrogen-bond acceptors (Lipinski definition) is 7. The number of anilines is 1. The predicted molar refractivity (Wildman–Crippen MR) is 83.7 cm³/mol. The van der Waals surface area contributed by atoms with Crippen LogP contribution in [0.1, 0.15) is 18.5 Å². The second-order valence-corrected chi connectivity index (χ2v) is 6.62. The maximum Gasteiger partial charge on any atom is 0.151 e. The highest BCUT2D eigenvalue weighted by atomic mass is 35.5. The average Bonchev–Trinajstić information content (AvgIpc) is 3.10. The van der Waals surface area contributed by atoms with E-state index in [4.69, 9.17) is 11.6 Å². The van der Waals surface area contributed by atoms with Crippen molar-refractivity contribution in [2.24, 2.45) is 0 Å². The molecule has 0 unspecified atom stereocenters. The Hall–Kier alpha value is -1.31. The van der Waals surface area contributed by atoms with Crippen molar-refractivity contribution in [3.05, 3.63) is 28.4 Å². The SMILES string of the molecule is CN(Cc1nnsc1Cl)C[C@H]1CCCN1c1cccnn1. The lowest BCUT2D eigenvalue weighted by molar-refractivity contribution is 0.299. The molecule has 0 radical (unpaired) electrons. The first-order valence-electron chi connectivity index (χ1n) is 6.93. The van der Waals surface area contributed by atoms with Gasteiger partial charge in [-0.2, -0.15) is 5.10 Å². The van der Waals surface area contributed by atoms with E-state index < -0.39 is 0 Å². The van der Waals surface area contributed by atoms with Gasteiger partial charge in [0.15, 0.2) is 5.82 Å². The molecule has 112 valence electrons. The van der Waals surface area contributed by atoms with Crippen molar-refractivity contribution in [1.29, 1.82) is 0 Å². The summed E-state index contributed by atoms with van der Waals surface area (Å²) in [7, 11) is 2.09. The van der Waals surface area contributed by atoms with E-state index >= 15 is 0 Å². The lowest BCUT2D eigenvalue weighted by Crippen LogP contribution is -2.39. The zero-order valence-corrected chi connectivity index (χ0v) is 13.4. The van der Waals surface area contributed by atoms with Crippen molar-refractivity contribution in [3.8, 4) is 0 Å². The Morgan fingerprint density at radius 2 is 2.38 bits per heavy atom. The molecule has 8 heteroatoms. The van der Waals surface area contributed by atoms with Crippen LogP contribution in [0.3, 0.4) is 0 Å². The van der Waals surface area contributed by atoms with E-state index in [9.17, 15) is 0 Å². The molecule has 1 saturated heterocycles. The molecule has 0 spiro atoms. The number of nitrogens with zero attached hydrogens (tertiary/aromatic N) is 6. The van der Waals surface area contributed by atoms with Crippen molar-refractivity contribution in [2.45, 2.75) is 25.4 Å². The smallest absolute Gasteiger partial charge is 0.151 e. The van der Waals surface area contributed by atoms with Gasteiger partial charge in [0.05, 0.1) is 0 Å². The van der Waals surface area contributed by atoms with Crippen LogP contribution in [0, 0.1) is 0 Å². The summed E-state index contributed by atoms with van der Waals surface area (Å²) in [4.78, 5) is 4.58. The summed E-state index contributed by atoms with van der Waals surface area (Å²) in [6.07, 6.45) is 4.07. The molecule has 2 aromatic rings. The van der Waals surface area contributed by atoms with Crippen molar-refractivity contribution in [3.63, 3.8) is 0 Å². The van der Waals surface area contributed by atoms with Gasteiger partial charge in [-0.15, -0.1) is 10.2 Å². The first-order valence-corrected chi connectivity index (χ1v) is 8.09. The van der Waals surface area contributed by atoms with Gasteiger partial charge in [-0.05, 0) is 32.0 Å². The maximum atomic E-state index is 6.06. The van der Waals surface area contributed by atoms with E-state index in [1.807, 2.05) is 12.1 Å². The van der Waals surface area contributed by atoms with Crippen LogP contribution in [0.25, 0.3) is 0 Å². The normalized spacial score (nSPS) is 18.6. The van der Waals surface area contributed by atoms with Crippen molar-refractivity contribution >= 4 is 29.0 Å². The third kappa shape index (κ3) is 3.48. The quantitative estimate of drug-likeness (QED) is 0.839. The Labute approximate surface area is 132 Å². The lowest BCUT2D eigenvalue weighted by atomic mass is 10.2. The summed E-state index contributed by atoms with van der Waals surface area (Å²) in [5, 5.41) is 12.3. The summed E-state index contributed by atoms with van der Waals surface area (Å²) in [5.41, 5.74) is 0.855. The fraction of sp³-hybridized carbons (Fsp3) is 0.538. The Bertz CT molecular complexity index is 577. The minimum Gasteiger partial charge on any atom is -0.351 e. The van der Waals surface area contributed by atoms with Crippen LogP contribution >= 0.6 is 23.1 Å². The standard InChI is InChI=1S/C13H17ClN6S/c1-19(9-11-13(14)21-18-16-11)8-10-4-3-7-20(10)12-5-2-6-15-17-12/h2,5-6,10H,3-4,7-9H2,1H3/t10-/m1/s1. The highest BCUT2D eigenvalue weighted by Crippen LogP contribution is 2.24. The molecule has 6 nitrogen and oxygen atoms in total. The Balaban J connectivity index is 1.62. The number of halogens is 1. The molecule has 0 amide bonds. The molecule has 1 fully saturated rings. The van der Waals surface area contributed by atoms with Crippen LogP contribution in [0.2, 0.25) is 4.34 Å². The molecule has 1 aliphatic heterocycles. The van der Waals surface area contributed by atoms with Crippen molar-refractivity contribution in [1.82, 2.24) is 24.7 Å². The van der Waals surface area contributed by atoms with E-state index in [1.54, 1.807) is 6.20 Å². The topological polar surface area (TPSA) is 58.0 Å². The largest absolute Gasteiger partial charge is 0.351 e. The van der Waals surface area contributed by atoms with Crippen LogP contribution in [0.5, 0.6) is 0 Å².